The third-order valence-corrected chi connectivity index (χ3v) is 5.55. The van der Waals surface area contributed by atoms with E-state index in [4.69, 9.17) is 9.47 Å². The Morgan fingerprint density at radius 1 is 0.871 bits per heavy atom. The Labute approximate surface area is 179 Å². The van der Waals surface area contributed by atoms with E-state index in [9.17, 15) is 9.59 Å². The van der Waals surface area contributed by atoms with Crippen LogP contribution in [0.25, 0.3) is 5.69 Å². The molecule has 2 aliphatic heterocycles. The lowest BCUT2D eigenvalue weighted by Crippen LogP contribution is -2.55. The molecule has 0 saturated carbocycles. The first-order chi connectivity index (χ1) is 15.2. The zero-order valence-electron chi connectivity index (χ0n) is 16.9. The highest BCUT2D eigenvalue weighted by Crippen LogP contribution is 2.31. The number of amides is 2. The molecule has 1 atom stereocenters. The second kappa shape index (κ2) is 8.14. The van der Waals surface area contributed by atoms with E-state index < -0.39 is 6.10 Å². The fraction of sp³-hybridized carbons (Fsp3) is 0.261. The smallest absolute Gasteiger partial charge is 0.272 e. The van der Waals surface area contributed by atoms with Gasteiger partial charge < -0.3 is 19.3 Å². The maximum Gasteiger partial charge on any atom is 0.272 e. The number of hydrogen-bond donors (Lipinski definition) is 0. The number of carbonyl (C=O) groups is 2. The predicted molar refractivity (Wildman–Crippen MR) is 112 cm³/mol. The lowest BCUT2D eigenvalue weighted by Gasteiger charge is -2.37. The predicted octanol–water partition coefficient (Wildman–Crippen LogP) is 2.00. The summed E-state index contributed by atoms with van der Waals surface area (Å²) in [6.07, 6.45) is 2.55. The molecule has 2 aromatic carbocycles. The van der Waals surface area contributed by atoms with Gasteiger partial charge in [0.05, 0.1) is 12.5 Å². The molecule has 5 rings (SSSR count). The summed E-state index contributed by atoms with van der Waals surface area (Å²) < 4.78 is 13.3. The summed E-state index contributed by atoms with van der Waals surface area (Å²) in [5.74, 6) is 1.02. The zero-order chi connectivity index (χ0) is 21.2. The largest absolute Gasteiger partial charge is 0.485 e. The van der Waals surface area contributed by atoms with Crippen molar-refractivity contribution < 1.29 is 19.1 Å². The molecule has 2 aliphatic rings. The molecule has 1 fully saturated rings. The second-order valence-electron chi connectivity index (χ2n) is 7.47. The van der Waals surface area contributed by atoms with Gasteiger partial charge in [0.15, 0.2) is 11.5 Å². The van der Waals surface area contributed by atoms with Crippen molar-refractivity contribution in [3.05, 3.63) is 72.8 Å². The normalized spacial score (nSPS) is 18.0. The van der Waals surface area contributed by atoms with Gasteiger partial charge in [0.25, 0.3) is 11.8 Å². The first-order valence-corrected chi connectivity index (χ1v) is 10.2. The van der Waals surface area contributed by atoms with Gasteiger partial charge in [-0.05, 0) is 24.3 Å². The Bertz CT molecular complexity index is 1090. The van der Waals surface area contributed by atoms with Gasteiger partial charge in [-0.25, -0.2) is 4.98 Å². The number of carbonyl (C=O) groups excluding carboxylic acids is 2. The number of para-hydroxylation sites is 3. The average molecular weight is 418 g/mol. The Kier molecular flexibility index (Phi) is 5.03. The summed E-state index contributed by atoms with van der Waals surface area (Å²) in [5, 5.41) is 0. The molecule has 1 aromatic heterocycles. The fourth-order valence-corrected chi connectivity index (χ4v) is 3.88. The van der Waals surface area contributed by atoms with Crippen molar-refractivity contribution in [2.24, 2.45) is 0 Å². The highest BCUT2D eigenvalue weighted by atomic mass is 16.6. The van der Waals surface area contributed by atoms with Crippen LogP contribution in [0.2, 0.25) is 0 Å². The summed E-state index contributed by atoms with van der Waals surface area (Å²) in [5.41, 5.74) is 1.39. The van der Waals surface area contributed by atoms with Crippen LogP contribution in [0.4, 0.5) is 0 Å². The third-order valence-electron chi connectivity index (χ3n) is 5.55. The van der Waals surface area contributed by atoms with Crippen molar-refractivity contribution in [3.8, 4) is 17.2 Å². The van der Waals surface area contributed by atoms with Crippen molar-refractivity contribution >= 4 is 11.8 Å². The molecular formula is C23H22N4O4. The minimum atomic E-state index is -0.670. The number of fused-ring (bicyclic) bond motifs is 1. The van der Waals surface area contributed by atoms with E-state index in [2.05, 4.69) is 4.98 Å². The zero-order valence-corrected chi connectivity index (χ0v) is 16.9. The average Bonchev–Trinajstić information content (AvgIpc) is 3.33. The van der Waals surface area contributed by atoms with Crippen LogP contribution in [0.5, 0.6) is 11.5 Å². The van der Waals surface area contributed by atoms with Crippen LogP contribution in [-0.4, -0.2) is 70.1 Å². The quantitative estimate of drug-likeness (QED) is 0.650. The van der Waals surface area contributed by atoms with Crippen LogP contribution in [0.3, 0.4) is 0 Å². The maximum atomic E-state index is 13.1. The number of aromatic nitrogens is 2. The van der Waals surface area contributed by atoms with Gasteiger partial charge in [0, 0.05) is 31.9 Å². The minimum Gasteiger partial charge on any atom is -0.485 e. The molecule has 0 unspecified atom stereocenters. The van der Waals surface area contributed by atoms with Gasteiger partial charge >= 0.3 is 0 Å². The van der Waals surface area contributed by atoms with E-state index in [0.29, 0.717) is 43.4 Å². The molecule has 31 heavy (non-hydrogen) atoms. The van der Waals surface area contributed by atoms with Gasteiger partial charge in [0.1, 0.15) is 12.3 Å². The molecule has 158 valence electrons. The topological polar surface area (TPSA) is 76.9 Å². The summed E-state index contributed by atoms with van der Waals surface area (Å²) in [4.78, 5) is 33.6. The molecule has 3 heterocycles. The number of imidazole rings is 1. The number of rotatable bonds is 3. The first-order valence-electron chi connectivity index (χ1n) is 10.2. The summed E-state index contributed by atoms with van der Waals surface area (Å²) in [6, 6.07) is 17.0. The van der Waals surface area contributed by atoms with Gasteiger partial charge in [-0.15, -0.1) is 0 Å². The molecule has 0 aliphatic carbocycles. The third kappa shape index (κ3) is 3.72. The number of benzene rings is 2. The molecule has 0 radical (unpaired) electrons. The van der Waals surface area contributed by atoms with E-state index in [1.807, 2.05) is 48.5 Å². The molecular weight excluding hydrogens is 396 g/mol. The maximum absolute atomic E-state index is 13.1. The minimum absolute atomic E-state index is 0.0976. The van der Waals surface area contributed by atoms with Gasteiger partial charge in [-0.3, -0.25) is 14.2 Å². The van der Waals surface area contributed by atoms with E-state index in [-0.39, 0.29) is 18.4 Å². The van der Waals surface area contributed by atoms with Crippen LogP contribution < -0.4 is 9.47 Å². The number of hydrogen-bond acceptors (Lipinski definition) is 5. The molecule has 0 spiro atoms. The van der Waals surface area contributed by atoms with E-state index >= 15 is 0 Å². The number of ether oxygens (including phenoxy) is 2. The number of piperazine rings is 1. The van der Waals surface area contributed by atoms with Crippen LogP contribution in [0, 0.1) is 0 Å². The Morgan fingerprint density at radius 3 is 2.32 bits per heavy atom. The molecule has 1 saturated heterocycles. The Balaban J connectivity index is 1.22. The SMILES string of the molecule is O=C(c1cncn1-c1ccccc1)N1CCN(C(=O)[C@@H]2COc3ccccc3O2)CC1. The first kappa shape index (κ1) is 19.2. The van der Waals surface area contributed by atoms with E-state index in [1.54, 1.807) is 33.0 Å². The molecule has 0 bridgehead atoms. The molecule has 3 aromatic rings. The van der Waals surface area contributed by atoms with Crippen LogP contribution >= 0.6 is 0 Å². The lowest BCUT2D eigenvalue weighted by atomic mass is 10.2. The van der Waals surface area contributed by atoms with Crippen molar-refractivity contribution in [1.82, 2.24) is 19.4 Å². The van der Waals surface area contributed by atoms with Crippen LogP contribution in [0.1, 0.15) is 10.5 Å². The molecule has 0 N–H and O–H groups in total. The van der Waals surface area contributed by atoms with Crippen LogP contribution in [-0.2, 0) is 4.79 Å². The van der Waals surface area contributed by atoms with Crippen molar-refractivity contribution in [2.75, 3.05) is 32.8 Å². The van der Waals surface area contributed by atoms with Gasteiger partial charge in [0.2, 0.25) is 6.10 Å². The summed E-state index contributed by atoms with van der Waals surface area (Å²) in [6.45, 7) is 1.99. The van der Waals surface area contributed by atoms with E-state index in [0.717, 1.165) is 5.69 Å². The molecule has 8 heteroatoms. The second-order valence-corrected chi connectivity index (χ2v) is 7.47. The van der Waals surface area contributed by atoms with Crippen molar-refractivity contribution in [3.63, 3.8) is 0 Å². The molecule has 8 nitrogen and oxygen atoms in total. The van der Waals surface area contributed by atoms with Gasteiger partial charge in [-0.1, -0.05) is 30.3 Å². The van der Waals surface area contributed by atoms with Crippen LogP contribution in [0.15, 0.2) is 67.1 Å². The van der Waals surface area contributed by atoms with Crippen molar-refractivity contribution in [2.45, 2.75) is 6.10 Å². The lowest BCUT2D eigenvalue weighted by molar-refractivity contribution is -0.142. The van der Waals surface area contributed by atoms with Crippen molar-refractivity contribution in [1.29, 1.82) is 0 Å². The fourth-order valence-electron chi connectivity index (χ4n) is 3.88. The highest BCUT2D eigenvalue weighted by Gasteiger charge is 2.34. The Hall–Kier alpha value is -3.81. The van der Waals surface area contributed by atoms with Gasteiger partial charge in [-0.2, -0.15) is 0 Å². The monoisotopic (exact) mass is 418 g/mol. The number of nitrogens with zero attached hydrogens (tertiary/aromatic N) is 4. The molecule has 2 amide bonds. The summed E-state index contributed by atoms with van der Waals surface area (Å²) >= 11 is 0. The standard InChI is InChI=1S/C23H22N4O4/c28-22(18-14-24-16-27(18)17-6-2-1-3-7-17)25-10-12-26(13-11-25)23(29)21-15-30-19-8-4-5-9-20(19)31-21/h1-9,14,16,21H,10-13,15H2/t21-/m0/s1. The Morgan fingerprint density at radius 2 is 1.55 bits per heavy atom. The highest BCUT2D eigenvalue weighted by molar-refractivity contribution is 5.93. The summed E-state index contributed by atoms with van der Waals surface area (Å²) in [7, 11) is 0. The van der Waals surface area contributed by atoms with E-state index in [1.165, 1.54) is 0 Å².